The van der Waals surface area contributed by atoms with E-state index in [4.69, 9.17) is 14.2 Å². The molecule has 2 saturated heterocycles. The molecule has 6 unspecified atom stereocenters. The molecule has 3 nitrogen and oxygen atoms in total. The summed E-state index contributed by atoms with van der Waals surface area (Å²) < 4.78 is 18.0. The van der Waals surface area contributed by atoms with Crippen molar-refractivity contribution in [3.8, 4) is 0 Å². The van der Waals surface area contributed by atoms with Gasteiger partial charge in [-0.1, -0.05) is 79.1 Å². The van der Waals surface area contributed by atoms with E-state index in [9.17, 15) is 0 Å². The van der Waals surface area contributed by atoms with Crippen LogP contribution in [0, 0.1) is 11.8 Å². The number of unbranched alkanes of at least 4 members (excludes halogenated alkanes) is 2. The number of ether oxygens (including phenoxy) is 3. The molecular weight excluding hydrogens is 312 g/mol. The van der Waals surface area contributed by atoms with Crippen LogP contribution in [0.25, 0.3) is 0 Å². The molecule has 0 aromatic carbocycles. The van der Waals surface area contributed by atoms with E-state index in [1.165, 1.54) is 51.4 Å². The van der Waals surface area contributed by atoms with E-state index >= 15 is 0 Å². The van der Waals surface area contributed by atoms with Crippen LogP contribution in [-0.2, 0) is 14.2 Å². The van der Waals surface area contributed by atoms with Crippen molar-refractivity contribution in [3.63, 3.8) is 0 Å². The van der Waals surface area contributed by atoms with Gasteiger partial charge in [0.15, 0.2) is 0 Å². The second-order valence-corrected chi connectivity index (χ2v) is 8.26. The van der Waals surface area contributed by atoms with Gasteiger partial charge in [-0.2, -0.15) is 0 Å². The maximum absolute atomic E-state index is 6.67. The molecule has 0 aromatic rings. The van der Waals surface area contributed by atoms with Gasteiger partial charge in [-0.05, 0) is 24.7 Å². The van der Waals surface area contributed by atoms with E-state index in [1.807, 2.05) is 0 Å². The average molecular weight is 355 g/mol. The maximum Gasteiger partial charge on any atom is 0.107 e. The van der Waals surface area contributed by atoms with Crippen molar-refractivity contribution < 1.29 is 14.2 Å². The Morgan fingerprint density at radius 3 is 1.44 bits per heavy atom. The van der Waals surface area contributed by atoms with Gasteiger partial charge in [0.2, 0.25) is 0 Å². The molecule has 2 aliphatic heterocycles. The summed E-state index contributed by atoms with van der Waals surface area (Å²) in [5.74, 6) is 1.55. The molecule has 2 rings (SSSR count). The highest BCUT2D eigenvalue weighted by Gasteiger charge is 2.41. The quantitative estimate of drug-likeness (QED) is 0.331. The topological polar surface area (TPSA) is 34.3 Å². The van der Waals surface area contributed by atoms with Gasteiger partial charge in [-0.3, -0.25) is 0 Å². The van der Waals surface area contributed by atoms with Crippen LogP contribution in [0.15, 0.2) is 0 Å². The van der Waals surface area contributed by atoms with E-state index in [0.29, 0.717) is 12.2 Å². The molecular formula is C22H42O3. The highest BCUT2D eigenvalue weighted by Crippen LogP contribution is 2.33. The van der Waals surface area contributed by atoms with Crippen molar-refractivity contribution in [2.45, 2.75) is 116 Å². The Labute approximate surface area is 156 Å². The van der Waals surface area contributed by atoms with Crippen LogP contribution in [-0.4, -0.2) is 37.6 Å². The minimum Gasteiger partial charge on any atom is -0.370 e. The number of rotatable bonds is 16. The van der Waals surface area contributed by atoms with Crippen molar-refractivity contribution in [1.82, 2.24) is 0 Å². The van der Waals surface area contributed by atoms with Gasteiger partial charge in [0, 0.05) is 0 Å². The fraction of sp³-hybridized carbons (Fsp3) is 1.00. The van der Waals surface area contributed by atoms with Crippen molar-refractivity contribution in [2.24, 2.45) is 11.8 Å². The molecule has 148 valence electrons. The van der Waals surface area contributed by atoms with Crippen LogP contribution in [0.4, 0.5) is 0 Å². The third-order valence-corrected chi connectivity index (χ3v) is 6.11. The van der Waals surface area contributed by atoms with Gasteiger partial charge >= 0.3 is 0 Å². The Bertz CT molecular complexity index is 306. The normalized spacial score (nSPS) is 26.9. The van der Waals surface area contributed by atoms with Crippen molar-refractivity contribution in [2.75, 3.05) is 13.2 Å². The molecule has 2 fully saturated rings. The highest BCUT2D eigenvalue weighted by atomic mass is 16.6. The second-order valence-electron chi connectivity index (χ2n) is 8.26. The lowest BCUT2D eigenvalue weighted by Crippen LogP contribution is -2.33. The van der Waals surface area contributed by atoms with Crippen LogP contribution < -0.4 is 0 Å². The number of epoxide rings is 2. The number of hydrogen-bond donors (Lipinski definition) is 0. The molecule has 0 spiro atoms. The summed E-state index contributed by atoms with van der Waals surface area (Å²) >= 11 is 0. The fourth-order valence-corrected chi connectivity index (χ4v) is 3.97. The molecule has 2 heterocycles. The predicted octanol–water partition coefficient (Wildman–Crippen LogP) is 5.75. The Kier molecular flexibility index (Phi) is 9.80. The zero-order valence-electron chi connectivity index (χ0n) is 17.2. The zero-order valence-corrected chi connectivity index (χ0v) is 17.2. The van der Waals surface area contributed by atoms with Gasteiger partial charge < -0.3 is 14.2 Å². The SMILES string of the molecule is CCCCC(CC)CC(OC(CC(CC)CCCC)C1CO1)C1CO1. The highest BCUT2D eigenvalue weighted by molar-refractivity contribution is 4.88. The van der Waals surface area contributed by atoms with Crippen LogP contribution in [0.3, 0.4) is 0 Å². The summed E-state index contributed by atoms with van der Waals surface area (Å²) in [5, 5.41) is 0. The van der Waals surface area contributed by atoms with Crippen molar-refractivity contribution in [3.05, 3.63) is 0 Å². The zero-order chi connectivity index (χ0) is 18.1. The minimum atomic E-state index is 0.277. The molecule has 0 aromatic heterocycles. The summed E-state index contributed by atoms with van der Waals surface area (Å²) in [6, 6.07) is 0. The molecule has 0 aliphatic carbocycles. The van der Waals surface area contributed by atoms with E-state index in [-0.39, 0.29) is 12.2 Å². The molecule has 0 amide bonds. The molecule has 2 aliphatic rings. The first-order valence-corrected chi connectivity index (χ1v) is 11.1. The third kappa shape index (κ3) is 7.97. The molecule has 0 radical (unpaired) electrons. The first-order chi connectivity index (χ1) is 12.2. The van der Waals surface area contributed by atoms with Crippen LogP contribution in [0.5, 0.6) is 0 Å². The Hall–Kier alpha value is -0.120. The molecule has 0 saturated carbocycles. The minimum absolute atomic E-state index is 0.277. The largest absolute Gasteiger partial charge is 0.370 e. The Balaban J connectivity index is 1.87. The van der Waals surface area contributed by atoms with Crippen LogP contribution in [0.2, 0.25) is 0 Å². The van der Waals surface area contributed by atoms with Crippen molar-refractivity contribution in [1.29, 1.82) is 0 Å². The van der Waals surface area contributed by atoms with Gasteiger partial charge in [-0.25, -0.2) is 0 Å². The standard InChI is InChI=1S/C22H42O3/c1-5-9-11-17(7-3)13-19(21-15-23-21)25-20(22-16-24-22)14-18(8-4)12-10-6-2/h17-22H,5-16H2,1-4H3. The fourth-order valence-electron chi connectivity index (χ4n) is 3.97. The molecule has 3 heteroatoms. The summed E-state index contributed by atoms with van der Waals surface area (Å²) in [6.45, 7) is 11.0. The van der Waals surface area contributed by atoms with Gasteiger partial charge in [0.1, 0.15) is 12.2 Å². The summed E-state index contributed by atoms with van der Waals surface area (Å²) in [4.78, 5) is 0. The van der Waals surface area contributed by atoms with Crippen molar-refractivity contribution >= 4 is 0 Å². The number of hydrogen-bond acceptors (Lipinski definition) is 3. The molecule has 0 bridgehead atoms. The average Bonchev–Trinajstić information content (AvgIpc) is 3.50. The summed E-state index contributed by atoms with van der Waals surface area (Å²) in [6.07, 6.45) is 14.0. The third-order valence-electron chi connectivity index (χ3n) is 6.11. The summed E-state index contributed by atoms with van der Waals surface area (Å²) in [5.41, 5.74) is 0. The lowest BCUT2D eigenvalue weighted by Gasteiger charge is -2.28. The lowest BCUT2D eigenvalue weighted by atomic mass is 9.90. The Morgan fingerprint density at radius 2 is 1.16 bits per heavy atom. The van der Waals surface area contributed by atoms with Crippen LogP contribution in [0.1, 0.15) is 91.9 Å². The van der Waals surface area contributed by atoms with Gasteiger partial charge in [0.25, 0.3) is 0 Å². The maximum atomic E-state index is 6.67. The smallest absolute Gasteiger partial charge is 0.107 e. The van der Waals surface area contributed by atoms with E-state index in [1.54, 1.807) is 0 Å². The first kappa shape index (κ1) is 21.2. The van der Waals surface area contributed by atoms with Crippen LogP contribution >= 0.6 is 0 Å². The lowest BCUT2D eigenvalue weighted by molar-refractivity contribution is -0.0591. The van der Waals surface area contributed by atoms with E-state index in [0.717, 1.165) is 37.9 Å². The van der Waals surface area contributed by atoms with Gasteiger partial charge in [-0.15, -0.1) is 0 Å². The van der Waals surface area contributed by atoms with Gasteiger partial charge in [0.05, 0.1) is 25.4 Å². The first-order valence-electron chi connectivity index (χ1n) is 11.1. The molecule has 25 heavy (non-hydrogen) atoms. The molecule has 6 atom stereocenters. The Morgan fingerprint density at radius 1 is 0.760 bits per heavy atom. The predicted molar refractivity (Wildman–Crippen MR) is 104 cm³/mol. The summed E-state index contributed by atoms with van der Waals surface area (Å²) in [7, 11) is 0. The van der Waals surface area contributed by atoms with E-state index in [2.05, 4.69) is 27.7 Å². The molecule has 0 N–H and O–H groups in total. The second kappa shape index (κ2) is 11.6. The van der Waals surface area contributed by atoms with E-state index < -0.39 is 0 Å². The monoisotopic (exact) mass is 354 g/mol.